The Morgan fingerprint density at radius 2 is 1.91 bits per heavy atom. The molecule has 2 N–H and O–H groups in total. The molecule has 0 bridgehead atoms. The fourth-order valence-electron chi connectivity index (χ4n) is 4.38. The van der Waals surface area contributed by atoms with Gasteiger partial charge in [-0.3, -0.25) is 9.59 Å². The summed E-state index contributed by atoms with van der Waals surface area (Å²) in [6.45, 7) is 3.14. The van der Waals surface area contributed by atoms with Crippen LogP contribution >= 0.6 is 0 Å². The largest absolute Gasteiger partial charge is 0.481 e. The Morgan fingerprint density at radius 1 is 1.09 bits per heavy atom. The molecular weight excluding hydrogens is 404 g/mol. The smallest absolute Gasteiger partial charge is 0.265 e. The first kappa shape index (κ1) is 22.3. The zero-order valence-electron chi connectivity index (χ0n) is 18.7. The van der Waals surface area contributed by atoms with Crippen molar-refractivity contribution in [2.45, 2.75) is 64.1 Å². The number of para-hydroxylation sites is 1. The summed E-state index contributed by atoms with van der Waals surface area (Å²) in [5.74, 6) is 0.236. The van der Waals surface area contributed by atoms with E-state index in [0.717, 1.165) is 38.0 Å². The molecule has 32 heavy (non-hydrogen) atoms. The first-order valence-corrected chi connectivity index (χ1v) is 11.7. The SMILES string of the molecule is CC[C@H](Oc1ccc2c(c1)CCCC2)C(=O)Nc1ccccc1C(=O)NC[C@H]1CCCO1. The molecule has 0 unspecified atom stereocenters. The van der Waals surface area contributed by atoms with Gasteiger partial charge >= 0.3 is 0 Å². The van der Waals surface area contributed by atoms with Gasteiger partial charge in [-0.15, -0.1) is 0 Å². The molecule has 0 spiro atoms. The van der Waals surface area contributed by atoms with Gasteiger partial charge in [-0.05, 0) is 80.3 Å². The molecule has 4 rings (SSSR count). The van der Waals surface area contributed by atoms with Crippen molar-refractivity contribution < 1.29 is 19.1 Å². The summed E-state index contributed by atoms with van der Waals surface area (Å²) in [7, 11) is 0. The summed E-state index contributed by atoms with van der Waals surface area (Å²) in [6.07, 6.45) is 6.52. The van der Waals surface area contributed by atoms with Crippen LogP contribution in [0.25, 0.3) is 0 Å². The first-order valence-electron chi connectivity index (χ1n) is 11.7. The summed E-state index contributed by atoms with van der Waals surface area (Å²) in [5, 5.41) is 5.82. The van der Waals surface area contributed by atoms with Gasteiger partial charge in [0.2, 0.25) is 0 Å². The van der Waals surface area contributed by atoms with Crippen LogP contribution in [-0.4, -0.2) is 37.2 Å². The maximum atomic E-state index is 13.0. The van der Waals surface area contributed by atoms with Gasteiger partial charge in [-0.2, -0.15) is 0 Å². The lowest BCUT2D eigenvalue weighted by molar-refractivity contribution is -0.122. The summed E-state index contributed by atoms with van der Waals surface area (Å²) in [5.41, 5.74) is 3.61. The molecule has 0 saturated carbocycles. The van der Waals surface area contributed by atoms with Crippen LogP contribution in [0.4, 0.5) is 5.69 Å². The van der Waals surface area contributed by atoms with Gasteiger partial charge in [0.15, 0.2) is 6.10 Å². The second-order valence-electron chi connectivity index (χ2n) is 8.53. The highest BCUT2D eigenvalue weighted by molar-refractivity contribution is 6.04. The number of amides is 2. The molecule has 1 aliphatic carbocycles. The molecule has 2 atom stereocenters. The van der Waals surface area contributed by atoms with Crippen LogP contribution < -0.4 is 15.4 Å². The Kier molecular flexibility index (Phi) is 7.43. The van der Waals surface area contributed by atoms with Gasteiger partial charge in [0.05, 0.1) is 17.4 Å². The predicted molar refractivity (Wildman–Crippen MR) is 124 cm³/mol. The van der Waals surface area contributed by atoms with Crippen molar-refractivity contribution in [1.29, 1.82) is 0 Å². The van der Waals surface area contributed by atoms with E-state index in [9.17, 15) is 9.59 Å². The lowest BCUT2D eigenvalue weighted by Gasteiger charge is -2.21. The molecule has 1 fully saturated rings. The molecule has 6 heteroatoms. The average molecular weight is 437 g/mol. The highest BCUT2D eigenvalue weighted by Crippen LogP contribution is 2.26. The Hall–Kier alpha value is -2.86. The van der Waals surface area contributed by atoms with Crippen LogP contribution in [0.2, 0.25) is 0 Å². The number of fused-ring (bicyclic) bond motifs is 1. The maximum absolute atomic E-state index is 13.0. The second kappa shape index (κ2) is 10.6. The van der Waals surface area contributed by atoms with Crippen molar-refractivity contribution in [2.24, 2.45) is 0 Å². The number of nitrogens with one attached hydrogen (secondary N) is 2. The van der Waals surface area contributed by atoms with Gasteiger partial charge in [0.25, 0.3) is 11.8 Å². The number of benzene rings is 2. The third-order valence-corrected chi connectivity index (χ3v) is 6.21. The fourth-order valence-corrected chi connectivity index (χ4v) is 4.38. The van der Waals surface area contributed by atoms with Gasteiger partial charge < -0.3 is 20.1 Å². The summed E-state index contributed by atoms with van der Waals surface area (Å²) in [6, 6.07) is 13.2. The van der Waals surface area contributed by atoms with Crippen molar-refractivity contribution in [3.05, 3.63) is 59.2 Å². The Morgan fingerprint density at radius 3 is 2.69 bits per heavy atom. The molecule has 1 heterocycles. The number of anilines is 1. The maximum Gasteiger partial charge on any atom is 0.265 e. The molecule has 2 aliphatic rings. The molecule has 1 saturated heterocycles. The molecule has 2 aromatic carbocycles. The minimum atomic E-state index is -0.639. The first-order chi connectivity index (χ1) is 15.6. The van der Waals surface area contributed by atoms with Crippen molar-refractivity contribution in [1.82, 2.24) is 5.32 Å². The number of ether oxygens (including phenoxy) is 2. The van der Waals surface area contributed by atoms with Crippen LogP contribution in [0.5, 0.6) is 5.75 Å². The Balaban J connectivity index is 1.40. The Labute approximate surface area is 189 Å². The van der Waals surface area contributed by atoms with E-state index in [-0.39, 0.29) is 17.9 Å². The fraction of sp³-hybridized carbons (Fsp3) is 0.462. The molecule has 2 amide bonds. The Bertz CT molecular complexity index is 953. The number of hydrogen-bond acceptors (Lipinski definition) is 4. The van der Waals surface area contributed by atoms with Gasteiger partial charge in [0, 0.05) is 13.2 Å². The van der Waals surface area contributed by atoms with Crippen molar-refractivity contribution in [2.75, 3.05) is 18.5 Å². The zero-order valence-corrected chi connectivity index (χ0v) is 18.7. The normalized spacial score (nSPS) is 18.5. The van der Waals surface area contributed by atoms with Crippen molar-refractivity contribution in [3.63, 3.8) is 0 Å². The summed E-state index contributed by atoms with van der Waals surface area (Å²) >= 11 is 0. The molecule has 0 radical (unpaired) electrons. The summed E-state index contributed by atoms with van der Waals surface area (Å²) in [4.78, 5) is 25.7. The van der Waals surface area contributed by atoms with Crippen molar-refractivity contribution >= 4 is 17.5 Å². The van der Waals surface area contributed by atoms with E-state index < -0.39 is 6.10 Å². The topological polar surface area (TPSA) is 76.7 Å². The molecule has 170 valence electrons. The molecule has 0 aromatic heterocycles. The number of aryl methyl sites for hydroxylation is 2. The van der Waals surface area contributed by atoms with Gasteiger partial charge in [-0.25, -0.2) is 0 Å². The van der Waals surface area contributed by atoms with E-state index in [1.54, 1.807) is 24.3 Å². The zero-order chi connectivity index (χ0) is 22.3. The average Bonchev–Trinajstić information content (AvgIpc) is 3.35. The van der Waals surface area contributed by atoms with Crippen LogP contribution in [0.3, 0.4) is 0 Å². The highest BCUT2D eigenvalue weighted by Gasteiger charge is 2.22. The molecule has 1 aliphatic heterocycles. The standard InChI is InChI=1S/C26H32N2O4/c1-2-24(32-20-14-13-18-8-3-4-9-19(18)16-20)26(30)28-23-12-6-5-11-22(23)25(29)27-17-21-10-7-15-31-21/h5-6,11-14,16,21,24H,2-4,7-10,15,17H2,1H3,(H,27,29)(H,28,30)/t21-,24+/m1/s1. The lowest BCUT2D eigenvalue weighted by atomic mass is 9.92. The van der Waals surface area contributed by atoms with Crippen LogP contribution in [0.1, 0.15) is 60.5 Å². The number of rotatable bonds is 8. The minimum absolute atomic E-state index is 0.0650. The molecular formula is C26H32N2O4. The van der Waals surface area contributed by atoms with E-state index >= 15 is 0 Å². The third-order valence-electron chi connectivity index (χ3n) is 6.21. The number of carbonyl (C=O) groups is 2. The quantitative estimate of drug-likeness (QED) is 0.648. The van der Waals surface area contributed by atoms with Crippen LogP contribution in [0.15, 0.2) is 42.5 Å². The number of hydrogen-bond donors (Lipinski definition) is 2. The highest BCUT2D eigenvalue weighted by atomic mass is 16.5. The van der Waals surface area contributed by atoms with E-state index in [0.29, 0.717) is 24.2 Å². The predicted octanol–water partition coefficient (Wildman–Crippen LogP) is 4.27. The van der Waals surface area contributed by atoms with Gasteiger partial charge in [0.1, 0.15) is 5.75 Å². The third kappa shape index (κ3) is 5.49. The summed E-state index contributed by atoms with van der Waals surface area (Å²) < 4.78 is 11.6. The lowest BCUT2D eigenvalue weighted by Crippen LogP contribution is -2.35. The number of carbonyl (C=O) groups excluding carboxylic acids is 2. The van der Waals surface area contributed by atoms with E-state index in [1.165, 1.54) is 24.0 Å². The molecule has 2 aromatic rings. The van der Waals surface area contributed by atoms with E-state index in [1.807, 2.05) is 13.0 Å². The van der Waals surface area contributed by atoms with Crippen LogP contribution in [-0.2, 0) is 22.4 Å². The van der Waals surface area contributed by atoms with E-state index in [4.69, 9.17) is 9.47 Å². The van der Waals surface area contributed by atoms with Crippen LogP contribution in [0, 0.1) is 0 Å². The van der Waals surface area contributed by atoms with Crippen molar-refractivity contribution in [3.8, 4) is 5.75 Å². The minimum Gasteiger partial charge on any atom is -0.481 e. The van der Waals surface area contributed by atoms with E-state index in [2.05, 4.69) is 22.8 Å². The molecule has 6 nitrogen and oxygen atoms in total. The monoisotopic (exact) mass is 436 g/mol. The second-order valence-corrected chi connectivity index (χ2v) is 8.53. The van der Waals surface area contributed by atoms with Gasteiger partial charge in [-0.1, -0.05) is 25.1 Å².